The van der Waals surface area contributed by atoms with Crippen molar-refractivity contribution in [3.63, 3.8) is 0 Å². The van der Waals surface area contributed by atoms with Crippen molar-refractivity contribution >= 4 is 11.9 Å². The molecule has 0 saturated heterocycles. The largest absolute Gasteiger partial charge is 0.465 e. The van der Waals surface area contributed by atoms with E-state index < -0.39 is 5.97 Å². The van der Waals surface area contributed by atoms with Crippen molar-refractivity contribution in [2.24, 2.45) is 0 Å². The summed E-state index contributed by atoms with van der Waals surface area (Å²) in [5.41, 5.74) is 1.58. The van der Waals surface area contributed by atoms with E-state index in [9.17, 15) is 9.59 Å². The zero-order valence-corrected chi connectivity index (χ0v) is 10.2. The summed E-state index contributed by atoms with van der Waals surface area (Å²) in [5.74, 6) is -0.662. The highest BCUT2D eigenvalue weighted by atomic mass is 16.5. The molecule has 0 spiro atoms. The minimum absolute atomic E-state index is 0.0925. The summed E-state index contributed by atoms with van der Waals surface area (Å²) >= 11 is 0. The second-order valence-corrected chi connectivity index (χ2v) is 3.50. The van der Waals surface area contributed by atoms with Gasteiger partial charge in [-0.25, -0.2) is 0 Å². The van der Waals surface area contributed by atoms with Gasteiger partial charge >= 0.3 is 5.97 Å². The van der Waals surface area contributed by atoms with Crippen molar-refractivity contribution in [1.82, 2.24) is 5.32 Å². The van der Waals surface area contributed by atoms with Gasteiger partial charge in [-0.3, -0.25) is 9.59 Å². The van der Waals surface area contributed by atoms with Gasteiger partial charge in [0.05, 0.1) is 6.61 Å². The predicted octanol–water partition coefficient (Wildman–Crippen LogP) is 1.54. The summed E-state index contributed by atoms with van der Waals surface area (Å²) in [4.78, 5) is 22.9. The molecular weight excluding hydrogens is 218 g/mol. The summed E-state index contributed by atoms with van der Waals surface area (Å²) in [6, 6.07) is 7.35. The van der Waals surface area contributed by atoms with E-state index in [0.717, 1.165) is 12.0 Å². The Kier molecular flexibility index (Phi) is 5.20. The van der Waals surface area contributed by atoms with Crippen molar-refractivity contribution in [2.45, 2.75) is 20.3 Å². The molecule has 0 aromatic heterocycles. The van der Waals surface area contributed by atoms with Gasteiger partial charge in [0.2, 0.25) is 0 Å². The van der Waals surface area contributed by atoms with Crippen molar-refractivity contribution in [2.75, 3.05) is 13.2 Å². The highest BCUT2D eigenvalue weighted by molar-refractivity contribution is 5.97. The number of carbonyl (C=O) groups excluding carboxylic acids is 2. The Bertz CT molecular complexity index is 401. The normalized spacial score (nSPS) is 9.76. The minimum atomic E-state index is -0.421. The first-order valence-electron chi connectivity index (χ1n) is 5.70. The summed E-state index contributed by atoms with van der Waals surface area (Å²) in [6.07, 6.45) is 0.781. The van der Waals surface area contributed by atoms with Gasteiger partial charge in [-0.1, -0.05) is 25.1 Å². The SMILES string of the molecule is CCOC(=O)CNC(=O)c1ccccc1CC. The van der Waals surface area contributed by atoms with E-state index in [1.165, 1.54) is 0 Å². The van der Waals surface area contributed by atoms with E-state index in [2.05, 4.69) is 5.32 Å². The molecule has 1 N–H and O–H groups in total. The summed E-state index contributed by atoms with van der Waals surface area (Å²) < 4.78 is 4.73. The Balaban J connectivity index is 2.61. The van der Waals surface area contributed by atoms with Crippen LogP contribution < -0.4 is 5.32 Å². The number of rotatable bonds is 5. The molecule has 1 amide bonds. The lowest BCUT2D eigenvalue weighted by Crippen LogP contribution is -2.31. The van der Waals surface area contributed by atoms with E-state index in [0.29, 0.717) is 12.2 Å². The zero-order valence-electron chi connectivity index (χ0n) is 10.2. The molecule has 0 aliphatic rings. The minimum Gasteiger partial charge on any atom is -0.465 e. The van der Waals surface area contributed by atoms with Crippen LogP contribution in [-0.2, 0) is 16.0 Å². The number of hydrogen-bond acceptors (Lipinski definition) is 3. The Labute approximate surface area is 101 Å². The smallest absolute Gasteiger partial charge is 0.325 e. The maximum atomic E-state index is 11.8. The maximum absolute atomic E-state index is 11.8. The van der Waals surface area contributed by atoms with Gasteiger partial charge in [0.1, 0.15) is 6.54 Å². The first-order chi connectivity index (χ1) is 8.19. The molecule has 0 aliphatic heterocycles. The van der Waals surface area contributed by atoms with E-state index >= 15 is 0 Å². The standard InChI is InChI=1S/C13H17NO3/c1-3-10-7-5-6-8-11(10)13(16)14-9-12(15)17-4-2/h5-8H,3-4,9H2,1-2H3,(H,14,16). The second-order valence-electron chi connectivity index (χ2n) is 3.50. The number of nitrogens with one attached hydrogen (secondary N) is 1. The highest BCUT2D eigenvalue weighted by Gasteiger charge is 2.11. The molecule has 1 aromatic rings. The number of amides is 1. The molecule has 0 atom stereocenters. The first kappa shape index (κ1) is 13.2. The molecule has 0 saturated carbocycles. The van der Waals surface area contributed by atoms with E-state index in [1.807, 2.05) is 19.1 Å². The predicted molar refractivity (Wildman–Crippen MR) is 64.8 cm³/mol. The Morgan fingerprint density at radius 3 is 2.59 bits per heavy atom. The number of hydrogen-bond donors (Lipinski definition) is 1. The van der Waals surface area contributed by atoms with Gasteiger partial charge in [0.15, 0.2) is 0 Å². The lowest BCUT2D eigenvalue weighted by molar-refractivity contribution is -0.141. The van der Waals surface area contributed by atoms with E-state index in [1.54, 1.807) is 19.1 Å². The van der Waals surface area contributed by atoms with Crippen LogP contribution in [0.5, 0.6) is 0 Å². The van der Waals surface area contributed by atoms with Crippen LogP contribution in [0.1, 0.15) is 29.8 Å². The quantitative estimate of drug-likeness (QED) is 0.788. The van der Waals surface area contributed by atoms with Crippen molar-refractivity contribution in [3.05, 3.63) is 35.4 Å². The van der Waals surface area contributed by atoms with Crippen LogP contribution in [0.3, 0.4) is 0 Å². The lowest BCUT2D eigenvalue weighted by atomic mass is 10.0. The number of aryl methyl sites for hydroxylation is 1. The average molecular weight is 235 g/mol. The van der Waals surface area contributed by atoms with Crippen LogP contribution in [0.15, 0.2) is 24.3 Å². The fourth-order valence-corrected chi connectivity index (χ4v) is 1.51. The van der Waals surface area contributed by atoms with Crippen molar-refractivity contribution in [3.8, 4) is 0 Å². The van der Waals surface area contributed by atoms with E-state index in [-0.39, 0.29) is 12.5 Å². The summed E-state index contributed by atoms with van der Waals surface area (Å²) in [5, 5.41) is 2.54. The van der Waals surface area contributed by atoms with Crippen LogP contribution in [-0.4, -0.2) is 25.0 Å². The zero-order chi connectivity index (χ0) is 12.7. The fraction of sp³-hybridized carbons (Fsp3) is 0.385. The van der Waals surface area contributed by atoms with Crippen LogP contribution in [0.4, 0.5) is 0 Å². The summed E-state index contributed by atoms with van der Waals surface area (Å²) in [7, 11) is 0. The maximum Gasteiger partial charge on any atom is 0.325 e. The van der Waals surface area contributed by atoms with Crippen LogP contribution in [0, 0.1) is 0 Å². The Morgan fingerprint density at radius 2 is 1.94 bits per heavy atom. The third-order valence-electron chi connectivity index (χ3n) is 2.34. The van der Waals surface area contributed by atoms with Crippen LogP contribution in [0.2, 0.25) is 0 Å². The van der Waals surface area contributed by atoms with Gasteiger partial charge in [-0.2, -0.15) is 0 Å². The van der Waals surface area contributed by atoms with Crippen molar-refractivity contribution < 1.29 is 14.3 Å². The number of carbonyl (C=O) groups is 2. The van der Waals surface area contributed by atoms with Crippen molar-refractivity contribution in [1.29, 1.82) is 0 Å². The van der Waals surface area contributed by atoms with Gasteiger partial charge < -0.3 is 10.1 Å². The van der Waals surface area contributed by atoms with Gasteiger partial charge in [0.25, 0.3) is 5.91 Å². The number of ether oxygens (including phenoxy) is 1. The molecule has 0 heterocycles. The highest BCUT2D eigenvalue weighted by Crippen LogP contribution is 2.08. The average Bonchev–Trinajstić information content (AvgIpc) is 2.36. The molecule has 4 heteroatoms. The molecular formula is C13H17NO3. The third kappa shape index (κ3) is 3.90. The lowest BCUT2D eigenvalue weighted by Gasteiger charge is -2.08. The summed E-state index contributed by atoms with van der Waals surface area (Å²) in [6.45, 7) is 3.94. The van der Waals surface area contributed by atoms with Gasteiger partial charge in [-0.15, -0.1) is 0 Å². The second kappa shape index (κ2) is 6.68. The molecule has 0 radical (unpaired) electrons. The molecule has 0 fully saturated rings. The fourth-order valence-electron chi connectivity index (χ4n) is 1.51. The topological polar surface area (TPSA) is 55.4 Å². The molecule has 0 aliphatic carbocycles. The van der Waals surface area contributed by atoms with Crippen LogP contribution in [0.25, 0.3) is 0 Å². The molecule has 4 nitrogen and oxygen atoms in total. The molecule has 1 rings (SSSR count). The number of esters is 1. The molecule has 0 unspecified atom stereocenters. The molecule has 0 bridgehead atoms. The van der Waals surface area contributed by atoms with Gasteiger partial charge in [0, 0.05) is 5.56 Å². The molecule has 17 heavy (non-hydrogen) atoms. The monoisotopic (exact) mass is 235 g/mol. The molecule has 92 valence electrons. The number of benzene rings is 1. The molecule has 1 aromatic carbocycles. The van der Waals surface area contributed by atoms with E-state index in [4.69, 9.17) is 4.74 Å². The van der Waals surface area contributed by atoms with Gasteiger partial charge in [-0.05, 0) is 25.0 Å². The first-order valence-corrected chi connectivity index (χ1v) is 5.70. The third-order valence-corrected chi connectivity index (χ3v) is 2.34. The Hall–Kier alpha value is -1.84. The Morgan fingerprint density at radius 1 is 1.24 bits per heavy atom. The van der Waals surface area contributed by atoms with Crippen LogP contribution >= 0.6 is 0 Å².